The monoisotopic (exact) mass is 566 g/mol. The Bertz CT molecular complexity index is 740. The van der Waals surface area contributed by atoms with Crippen LogP contribution >= 0.6 is 26.4 Å². The maximum absolute atomic E-state index is 6.30. The van der Waals surface area contributed by atoms with Gasteiger partial charge in [0.1, 0.15) is 0 Å². The minimum Gasteiger partial charge on any atom is -1.00 e. The summed E-state index contributed by atoms with van der Waals surface area (Å²) in [5.74, 6) is 0. The summed E-state index contributed by atoms with van der Waals surface area (Å²) in [6.07, 6.45) is 1.24. The zero-order chi connectivity index (χ0) is 26.1. The van der Waals surface area contributed by atoms with Crippen molar-refractivity contribution in [1.29, 1.82) is 0 Å². The van der Waals surface area contributed by atoms with Crippen LogP contribution in [0, 0.1) is 6.92 Å². The van der Waals surface area contributed by atoms with Gasteiger partial charge in [0.2, 0.25) is 0 Å². The molecule has 0 N–H and O–H groups in total. The first kappa shape index (κ1) is 40.0. The molecule has 35 heavy (non-hydrogen) atoms. The molecule has 0 heterocycles. The second kappa shape index (κ2) is 17.2. The van der Waals surface area contributed by atoms with E-state index in [0.29, 0.717) is 10.3 Å². The number of benzene rings is 2. The molecule has 2 aromatic rings. The standard InChI is InChI=1S/C15H25P.C8H18ClP.C7H7.ClH.Mg/c1-14(2,3)16(15(4,5)6)12-13-10-8-7-9-11-13;1-7(2,3)10(9)8(4,5)6;1-7-5-3-2-4-6-7;;/h7-11H,12H2,1-6H3;1-6H3;2-6H,1H2;1H;/q;;-1;;+2/p-1. The van der Waals surface area contributed by atoms with Crippen molar-refractivity contribution < 1.29 is 12.4 Å². The molecule has 0 aliphatic rings. The number of hydrogen-bond acceptors (Lipinski definition) is 0. The summed E-state index contributed by atoms with van der Waals surface area (Å²) in [6.45, 7) is 31.2. The summed E-state index contributed by atoms with van der Waals surface area (Å²) >= 11 is 6.30. The molecule has 0 nitrogen and oxygen atoms in total. The Balaban J connectivity index is -0.000000465. The predicted molar refractivity (Wildman–Crippen MR) is 166 cm³/mol. The average molecular weight is 568 g/mol. The minimum absolute atomic E-state index is 0. The first-order valence-corrected chi connectivity index (χ1v) is 15.7. The van der Waals surface area contributed by atoms with Crippen LogP contribution in [-0.2, 0) is 6.16 Å². The molecule has 0 atom stereocenters. The van der Waals surface area contributed by atoms with Crippen LogP contribution < -0.4 is 12.4 Å². The molecule has 0 fully saturated rings. The second-order valence-corrected chi connectivity index (χ2v) is 20.6. The molecule has 0 amide bonds. The van der Waals surface area contributed by atoms with E-state index in [-0.39, 0.29) is 53.7 Å². The van der Waals surface area contributed by atoms with E-state index in [1.54, 1.807) is 0 Å². The normalized spacial score (nSPS) is 11.9. The van der Waals surface area contributed by atoms with Crippen molar-refractivity contribution in [3.63, 3.8) is 0 Å². The molecule has 0 aromatic heterocycles. The third-order valence-corrected chi connectivity index (χ3v) is 14.1. The van der Waals surface area contributed by atoms with E-state index in [9.17, 15) is 0 Å². The van der Waals surface area contributed by atoms with Crippen LogP contribution in [0.3, 0.4) is 0 Å². The average Bonchev–Trinajstić information content (AvgIpc) is 2.65. The number of hydrogen-bond donors (Lipinski definition) is 0. The minimum atomic E-state index is -0.390. The molecule has 0 saturated heterocycles. The Hall–Kier alpha value is 0.516. The van der Waals surface area contributed by atoms with Gasteiger partial charge < -0.3 is 12.4 Å². The fourth-order valence-corrected chi connectivity index (χ4v) is 9.28. The van der Waals surface area contributed by atoms with Crippen LogP contribution in [0.5, 0.6) is 0 Å². The van der Waals surface area contributed by atoms with Crippen molar-refractivity contribution >= 4 is 49.5 Å². The Morgan fingerprint density at radius 3 is 1.11 bits per heavy atom. The summed E-state index contributed by atoms with van der Waals surface area (Å²) in [5, 5.41) is 1.39. The van der Waals surface area contributed by atoms with Crippen molar-refractivity contribution in [2.45, 2.75) is 110 Å². The van der Waals surface area contributed by atoms with Gasteiger partial charge in [0, 0.05) is 7.27 Å². The molecule has 5 heteroatoms. The largest absolute Gasteiger partial charge is 2.00 e. The van der Waals surface area contributed by atoms with Crippen LogP contribution in [0.2, 0.25) is 0 Å². The number of halogens is 2. The molecule has 0 unspecified atom stereocenters. The molecule has 196 valence electrons. The molecular formula is C30H50Cl2MgP2. The first-order valence-electron chi connectivity index (χ1n) is 11.9. The van der Waals surface area contributed by atoms with Gasteiger partial charge in [-0.2, -0.15) is 24.6 Å². The Labute approximate surface area is 249 Å². The van der Waals surface area contributed by atoms with Crippen LogP contribution in [0.25, 0.3) is 0 Å². The third-order valence-electron chi connectivity index (χ3n) is 4.82. The van der Waals surface area contributed by atoms with Crippen LogP contribution in [-0.4, -0.2) is 43.7 Å². The Kier molecular flexibility index (Phi) is 19.6. The Morgan fingerprint density at radius 1 is 0.600 bits per heavy atom. The van der Waals surface area contributed by atoms with Crippen molar-refractivity contribution in [3.8, 4) is 0 Å². The molecule has 0 saturated carbocycles. The van der Waals surface area contributed by atoms with Crippen molar-refractivity contribution in [3.05, 3.63) is 78.7 Å². The smallest absolute Gasteiger partial charge is 1.00 e. The van der Waals surface area contributed by atoms with Gasteiger partial charge in [-0.15, -0.1) is 12.1 Å². The zero-order valence-corrected chi connectivity index (χ0v) is 29.3. The Morgan fingerprint density at radius 2 is 0.914 bits per heavy atom. The van der Waals surface area contributed by atoms with E-state index in [2.05, 4.69) is 120 Å². The predicted octanol–water partition coefficient (Wildman–Crippen LogP) is 7.98. The number of rotatable bonds is 2. The fourth-order valence-electron chi connectivity index (χ4n) is 3.73. The molecule has 0 aliphatic carbocycles. The quantitative estimate of drug-likeness (QED) is 0.196. The van der Waals surface area contributed by atoms with Gasteiger partial charge in [-0.3, -0.25) is 0 Å². The molecule has 2 aromatic carbocycles. The summed E-state index contributed by atoms with van der Waals surface area (Å²) in [7, 11) is -0.409. The van der Waals surface area contributed by atoms with Gasteiger partial charge >= 0.3 is 23.1 Å². The summed E-state index contributed by atoms with van der Waals surface area (Å²) < 4.78 is 0. The molecular weight excluding hydrogens is 517 g/mol. The first-order chi connectivity index (χ1) is 14.8. The summed E-state index contributed by atoms with van der Waals surface area (Å²) in [5.41, 5.74) is 2.56. The van der Waals surface area contributed by atoms with Crippen molar-refractivity contribution in [2.24, 2.45) is 0 Å². The summed E-state index contributed by atoms with van der Waals surface area (Å²) in [4.78, 5) is 0. The van der Waals surface area contributed by atoms with Gasteiger partial charge in [-0.1, -0.05) is 139 Å². The van der Waals surface area contributed by atoms with Gasteiger partial charge in [-0.05, 0) is 32.3 Å². The van der Waals surface area contributed by atoms with Crippen molar-refractivity contribution in [2.75, 3.05) is 0 Å². The maximum atomic E-state index is 6.30. The van der Waals surface area contributed by atoms with Gasteiger partial charge in [-0.25, -0.2) is 0 Å². The van der Waals surface area contributed by atoms with Crippen LogP contribution in [0.15, 0.2) is 60.7 Å². The van der Waals surface area contributed by atoms with Crippen LogP contribution in [0.1, 0.15) is 94.2 Å². The van der Waals surface area contributed by atoms with E-state index in [4.69, 9.17) is 11.2 Å². The molecule has 2 rings (SSSR count). The molecule has 0 bridgehead atoms. The maximum Gasteiger partial charge on any atom is 2.00 e. The molecule has 0 aliphatic heterocycles. The van der Waals surface area contributed by atoms with Crippen LogP contribution in [0.4, 0.5) is 0 Å². The second-order valence-electron chi connectivity index (χ2n) is 12.5. The summed E-state index contributed by atoms with van der Waals surface area (Å²) in [6, 6.07) is 20.8. The van der Waals surface area contributed by atoms with Gasteiger partial charge in [0.25, 0.3) is 0 Å². The molecule has 0 radical (unpaired) electrons. The fraction of sp³-hybridized carbons (Fsp3) is 0.567. The van der Waals surface area contributed by atoms with Gasteiger partial charge in [0.15, 0.2) is 0 Å². The van der Waals surface area contributed by atoms with Gasteiger partial charge in [0.05, 0.1) is 0 Å². The SMILES string of the molecule is CC(C)(C)P(Cc1ccccc1)C(C)(C)C.CC(C)(C)P(Cl)C(C)(C)C.[CH2-]c1ccccc1.[Cl-].[Mg+2]. The zero-order valence-electron chi connectivity index (χ0n) is 24.5. The van der Waals surface area contributed by atoms with E-state index >= 15 is 0 Å². The molecule has 0 spiro atoms. The topological polar surface area (TPSA) is 0 Å². The van der Waals surface area contributed by atoms with Crippen molar-refractivity contribution in [1.82, 2.24) is 0 Å². The van der Waals surface area contributed by atoms with E-state index in [1.165, 1.54) is 11.7 Å². The van der Waals surface area contributed by atoms with E-state index < -0.39 is 7.27 Å². The van der Waals surface area contributed by atoms with E-state index in [1.807, 2.05) is 30.3 Å². The van der Waals surface area contributed by atoms with E-state index in [0.717, 1.165) is 5.56 Å². The third kappa shape index (κ3) is 18.4.